The number of thiophene rings is 2. The Bertz CT molecular complexity index is 447. The predicted octanol–water partition coefficient (Wildman–Crippen LogP) is 3.17. The van der Waals surface area contributed by atoms with Gasteiger partial charge in [-0.2, -0.15) is 0 Å². The SMILES string of the molecule is COc1csc(C(N)c2ccsc2C)c1. The Morgan fingerprint density at radius 1 is 1.40 bits per heavy atom. The fourth-order valence-corrected chi connectivity index (χ4v) is 3.10. The lowest BCUT2D eigenvalue weighted by atomic mass is 10.1. The first kappa shape index (κ1) is 10.7. The predicted molar refractivity (Wildman–Crippen MR) is 66.0 cm³/mol. The third-order valence-corrected chi connectivity index (χ3v) is 4.23. The van der Waals surface area contributed by atoms with Gasteiger partial charge in [0.1, 0.15) is 5.75 Å². The van der Waals surface area contributed by atoms with Gasteiger partial charge in [0.05, 0.1) is 13.2 Å². The van der Waals surface area contributed by atoms with Gasteiger partial charge in [0.2, 0.25) is 0 Å². The van der Waals surface area contributed by atoms with E-state index >= 15 is 0 Å². The number of hydrogen-bond acceptors (Lipinski definition) is 4. The summed E-state index contributed by atoms with van der Waals surface area (Å²) in [6, 6.07) is 4.08. The molecule has 0 radical (unpaired) electrons. The Kier molecular flexibility index (Phi) is 3.09. The van der Waals surface area contributed by atoms with Gasteiger partial charge in [-0.1, -0.05) is 0 Å². The molecule has 2 heterocycles. The Hall–Kier alpha value is -0.840. The minimum Gasteiger partial charge on any atom is -0.496 e. The first-order valence-electron chi connectivity index (χ1n) is 4.64. The Morgan fingerprint density at radius 2 is 2.20 bits per heavy atom. The van der Waals surface area contributed by atoms with Crippen LogP contribution in [0.4, 0.5) is 0 Å². The van der Waals surface area contributed by atoms with Gasteiger partial charge >= 0.3 is 0 Å². The summed E-state index contributed by atoms with van der Waals surface area (Å²) >= 11 is 3.38. The number of ether oxygens (including phenoxy) is 1. The van der Waals surface area contributed by atoms with Crippen LogP contribution in [-0.4, -0.2) is 7.11 Å². The van der Waals surface area contributed by atoms with Crippen molar-refractivity contribution in [3.8, 4) is 5.75 Å². The van der Waals surface area contributed by atoms with E-state index in [4.69, 9.17) is 10.5 Å². The van der Waals surface area contributed by atoms with Crippen LogP contribution in [0.15, 0.2) is 22.9 Å². The maximum Gasteiger partial charge on any atom is 0.129 e. The highest BCUT2D eigenvalue weighted by atomic mass is 32.1. The second-order valence-corrected chi connectivity index (χ2v) is 5.36. The van der Waals surface area contributed by atoms with Gasteiger partial charge in [0.15, 0.2) is 0 Å². The molecule has 0 amide bonds. The highest BCUT2D eigenvalue weighted by Gasteiger charge is 2.14. The van der Waals surface area contributed by atoms with Crippen molar-refractivity contribution in [2.75, 3.05) is 7.11 Å². The minimum atomic E-state index is -0.0230. The van der Waals surface area contributed by atoms with Gasteiger partial charge < -0.3 is 10.5 Å². The van der Waals surface area contributed by atoms with E-state index in [9.17, 15) is 0 Å². The minimum absolute atomic E-state index is 0.0230. The van der Waals surface area contributed by atoms with Crippen LogP contribution in [0.5, 0.6) is 5.75 Å². The zero-order valence-corrected chi connectivity index (χ0v) is 10.3. The van der Waals surface area contributed by atoms with Gasteiger partial charge in [-0.15, -0.1) is 22.7 Å². The highest BCUT2D eigenvalue weighted by Crippen LogP contribution is 2.32. The van der Waals surface area contributed by atoms with Crippen molar-refractivity contribution in [2.45, 2.75) is 13.0 Å². The Labute approximate surface area is 97.3 Å². The largest absolute Gasteiger partial charge is 0.496 e. The number of aryl methyl sites for hydroxylation is 1. The smallest absolute Gasteiger partial charge is 0.129 e. The van der Waals surface area contributed by atoms with Crippen LogP contribution in [0.3, 0.4) is 0 Å². The van der Waals surface area contributed by atoms with Crippen molar-refractivity contribution in [3.05, 3.63) is 38.2 Å². The van der Waals surface area contributed by atoms with E-state index in [1.165, 1.54) is 10.4 Å². The fraction of sp³-hybridized carbons (Fsp3) is 0.273. The van der Waals surface area contributed by atoms with Crippen LogP contribution < -0.4 is 10.5 Å². The van der Waals surface area contributed by atoms with Crippen molar-refractivity contribution in [1.82, 2.24) is 0 Å². The molecule has 1 atom stereocenters. The maximum absolute atomic E-state index is 6.19. The molecule has 1 unspecified atom stereocenters. The average molecular weight is 239 g/mol. The van der Waals surface area contributed by atoms with E-state index in [0.29, 0.717) is 0 Å². The third kappa shape index (κ3) is 2.07. The van der Waals surface area contributed by atoms with Gasteiger partial charge in [-0.3, -0.25) is 0 Å². The molecule has 0 aliphatic carbocycles. The van der Waals surface area contributed by atoms with Crippen molar-refractivity contribution in [3.63, 3.8) is 0 Å². The molecule has 0 aliphatic rings. The van der Waals surface area contributed by atoms with E-state index < -0.39 is 0 Å². The summed E-state index contributed by atoms with van der Waals surface area (Å²) in [5.74, 6) is 0.887. The van der Waals surface area contributed by atoms with Crippen LogP contribution in [0.25, 0.3) is 0 Å². The lowest BCUT2D eigenvalue weighted by Crippen LogP contribution is -2.10. The Balaban J connectivity index is 2.28. The second kappa shape index (κ2) is 4.35. The molecule has 2 rings (SSSR count). The standard InChI is InChI=1S/C11H13NOS2/c1-7-9(3-4-14-7)11(12)10-5-8(13-2)6-15-10/h3-6,11H,12H2,1-2H3. The number of hydrogen-bond donors (Lipinski definition) is 1. The maximum atomic E-state index is 6.19. The third-order valence-electron chi connectivity index (χ3n) is 2.37. The highest BCUT2D eigenvalue weighted by molar-refractivity contribution is 7.10. The zero-order chi connectivity index (χ0) is 10.8. The summed E-state index contributed by atoms with van der Waals surface area (Å²) in [6.45, 7) is 2.10. The first-order valence-corrected chi connectivity index (χ1v) is 6.40. The number of nitrogens with two attached hydrogens (primary N) is 1. The van der Waals surface area contributed by atoms with Crippen LogP contribution in [-0.2, 0) is 0 Å². The lowest BCUT2D eigenvalue weighted by molar-refractivity contribution is 0.416. The van der Waals surface area contributed by atoms with Crippen LogP contribution >= 0.6 is 22.7 Å². The van der Waals surface area contributed by atoms with Crippen molar-refractivity contribution in [2.24, 2.45) is 5.73 Å². The molecule has 0 spiro atoms. The molecule has 2 nitrogen and oxygen atoms in total. The van der Waals surface area contributed by atoms with E-state index in [1.54, 1.807) is 29.8 Å². The quantitative estimate of drug-likeness (QED) is 0.893. The molecule has 0 fully saturated rings. The molecular formula is C11H13NOS2. The molecule has 0 bridgehead atoms. The van der Waals surface area contributed by atoms with Gasteiger partial charge in [0.25, 0.3) is 0 Å². The number of rotatable bonds is 3. The van der Waals surface area contributed by atoms with Crippen molar-refractivity contribution in [1.29, 1.82) is 0 Å². The molecule has 2 aromatic rings. The van der Waals surface area contributed by atoms with E-state index in [-0.39, 0.29) is 6.04 Å². The molecular weight excluding hydrogens is 226 g/mol. The summed E-state index contributed by atoms with van der Waals surface area (Å²) in [4.78, 5) is 2.43. The van der Waals surface area contributed by atoms with Crippen molar-refractivity contribution >= 4 is 22.7 Å². The first-order chi connectivity index (χ1) is 7.22. The second-order valence-electron chi connectivity index (χ2n) is 3.30. The molecule has 0 aromatic carbocycles. The van der Waals surface area contributed by atoms with Gasteiger partial charge in [-0.25, -0.2) is 0 Å². The fourth-order valence-electron chi connectivity index (χ4n) is 1.48. The van der Waals surface area contributed by atoms with E-state index in [0.717, 1.165) is 10.6 Å². The molecule has 80 valence electrons. The monoisotopic (exact) mass is 239 g/mol. The average Bonchev–Trinajstić information content (AvgIpc) is 2.84. The normalized spacial score (nSPS) is 12.7. The van der Waals surface area contributed by atoms with Crippen LogP contribution in [0.2, 0.25) is 0 Å². The van der Waals surface area contributed by atoms with Gasteiger partial charge in [0, 0.05) is 15.1 Å². The van der Waals surface area contributed by atoms with E-state index in [1.807, 2.05) is 11.4 Å². The molecule has 2 aromatic heterocycles. The summed E-state index contributed by atoms with van der Waals surface area (Å²) in [6.07, 6.45) is 0. The summed E-state index contributed by atoms with van der Waals surface area (Å²) in [7, 11) is 1.67. The van der Waals surface area contributed by atoms with Crippen molar-refractivity contribution < 1.29 is 4.74 Å². The van der Waals surface area contributed by atoms with Gasteiger partial charge in [-0.05, 0) is 30.0 Å². The molecule has 0 saturated heterocycles. The molecule has 15 heavy (non-hydrogen) atoms. The van der Waals surface area contributed by atoms with E-state index in [2.05, 4.69) is 18.4 Å². The summed E-state index contributed by atoms with van der Waals surface area (Å²) in [5, 5.41) is 4.06. The summed E-state index contributed by atoms with van der Waals surface area (Å²) < 4.78 is 5.15. The van der Waals surface area contributed by atoms with Crippen LogP contribution in [0.1, 0.15) is 21.4 Å². The van der Waals surface area contributed by atoms with Crippen LogP contribution in [0, 0.1) is 6.92 Å². The zero-order valence-electron chi connectivity index (χ0n) is 8.69. The molecule has 4 heteroatoms. The lowest BCUT2D eigenvalue weighted by Gasteiger charge is -2.08. The topological polar surface area (TPSA) is 35.2 Å². The molecule has 0 aliphatic heterocycles. The molecule has 0 saturated carbocycles. The number of methoxy groups -OCH3 is 1. The summed E-state index contributed by atoms with van der Waals surface area (Å²) in [5.41, 5.74) is 7.40. The Morgan fingerprint density at radius 3 is 2.73 bits per heavy atom. The molecule has 2 N–H and O–H groups in total.